The fourth-order valence-electron chi connectivity index (χ4n) is 1.82. The summed E-state index contributed by atoms with van der Waals surface area (Å²) in [7, 11) is 0. The summed E-state index contributed by atoms with van der Waals surface area (Å²) in [5, 5.41) is 3.50. The minimum absolute atomic E-state index is 0.168. The molecule has 0 heterocycles. The topological polar surface area (TPSA) is 29.1 Å². The molecule has 0 bridgehead atoms. The van der Waals surface area contributed by atoms with E-state index in [0.29, 0.717) is 5.02 Å². The van der Waals surface area contributed by atoms with Gasteiger partial charge in [0, 0.05) is 16.8 Å². The van der Waals surface area contributed by atoms with E-state index in [4.69, 9.17) is 11.6 Å². The van der Waals surface area contributed by atoms with E-state index < -0.39 is 0 Å². The van der Waals surface area contributed by atoms with E-state index in [2.05, 4.69) is 5.32 Å². The van der Waals surface area contributed by atoms with Gasteiger partial charge in [0.1, 0.15) is 0 Å². The van der Waals surface area contributed by atoms with Crippen LogP contribution in [0.4, 0.5) is 5.69 Å². The number of halogens is 1. The van der Waals surface area contributed by atoms with Crippen LogP contribution in [0.1, 0.15) is 16.7 Å². The first-order valence-electron chi connectivity index (χ1n) is 6.37. The number of carbonyl (C=O) groups excluding carboxylic acids is 1. The molecule has 0 saturated heterocycles. The number of aryl methyl sites for hydroxylation is 2. The van der Waals surface area contributed by atoms with Crippen LogP contribution < -0.4 is 5.32 Å². The molecule has 0 aliphatic heterocycles. The van der Waals surface area contributed by atoms with E-state index in [1.807, 2.05) is 50.2 Å². The van der Waals surface area contributed by atoms with Gasteiger partial charge in [-0.1, -0.05) is 41.9 Å². The third kappa shape index (κ3) is 3.72. The zero-order valence-electron chi connectivity index (χ0n) is 11.5. The van der Waals surface area contributed by atoms with Gasteiger partial charge in [0.25, 0.3) is 0 Å². The van der Waals surface area contributed by atoms with Crippen LogP contribution in [0.3, 0.4) is 0 Å². The fraction of sp³-hybridized carbons (Fsp3) is 0.118. The summed E-state index contributed by atoms with van der Waals surface area (Å²) >= 11 is 6.03. The first-order valence-corrected chi connectivity index (χ1v) is 6.75. The Bertz CT molecular complexity index is 662. The molecular formula is C17H16ClNO. The lowest BCUT2D eigenvalue weighted by atomic mass is 10.1. The molecule has 2 aromatic rings. The largest absolute Gasteiger partial charge is 0.322 e. The summed E-state index contributed by atoms with van der Waals surface area (Å²) in [6, 6.07) is 13.4. The van der Waals surface area contributed by atoms with Gasteiger partial charge in [-0.2, -0.15) is 0 Å². The highest BCUT2D eigenvalue weighted by atomic mass is 35.5. The highest BCUT2D eigenvalue weighted by molar-refractivity contribution is 6.32. The summed E-state index contributed by atoms with van der Waals surface area (Å²) in [6.45, 7) is 3.96. The molecule has 3 heteroatoms. The summed E-state index contributed by atoms with van der Waals surface area (Å²) in [5.41, 5.74) is 3.81. The Morgan fingerprint density at radius 3 is 2.65 bits per heavy atom. The molecule has 2 rings (SSSR count). The molecule has 0 fully saturated rings. The maximum absolute atomic E-state index is 11.9. The highest BCUT2D eigenvalue weighted by Gasteiger charge is 2.02. The van der Waals surface area contributed by atoms with E-state index in [-0.39, 0.29) is 5.91 Å². The van der Waals surface area contributed by atoms with Crippen molar-refractivity contribution in [1.29, 1.82) is 0 Å². The lowest BCUT2D eigenvalue weighted by molar-refractivity contribution is -0.111. The summed E-state index contributed by atoms with van der Waals surface area (Å²) in [6.07, 6.45) is 3.20. The Morgan fingerprint density at radius 2 is 1.90 bits per heavy atom. The number of amides is 1. The highest BCUT2D eigenvalue weighted by Crippen LogP contribution is 2.18. The standard InChI is InChI=1S/C17H16ClNO/c1-12-7-8-13(2)16(11-12)19-17(20)10-9-14-5-3-4-6-15(14)18/h3-11H,1-2H3,(H,19,20). The summed E-state index contributed by atoms with van der Waals surface area (Å²) in [5.74, 6) is -0.168. The van der Waals surface area contributed by atoms with Crippen molar-refractivity contribution in [3.63, 3.8) is 0 Å². The Balaban J connectivity index is 2.10. The van der Waals surface area contributed by atoms with Crippen LogP contribution in [0.25, 0.3) is 6.08 Å². The lowest BCUT2D eigenvalue weighted by Crippen LogP contribution is -2.09. The zero-order chi connectivity index (χ0) is 14.5. The van der Waals surface area contributed by atoms with Crippen LogP contribution in [-0.2, 0) is 4.79 Å². The molecule has 0 aromatic heterocycles. The Morgan fingerprint density at radius 1 is 1.15 bits per heavy atom. The predicted molar refractivity (Wildman–Crippen MR) is 85.0 cm³/mol. The molecule has 0 aliphatic carbocycles. The Hall–Kier alpha value is -2.06. The van der Waals surface area contributed by atoms with Gasteiger partial charge >= 0.3 is 0 Å². The second-order valence-corrected chi connectivity index (χ2v) is 5.07. The molecular weight excluding hydrogens is 270 g/mol. The first-order chi connectivity index (χ1) is 9.56. The molecule has 0 radical (unpaired) electrons. The van der Waals surface area contributed by atoms with E-state index in [1.54, 1.807) is 12.1 Å². The maximum Gasteiger partial charge on any atom is 0.248 e. The molecule has 2 nitrogen and oxygen atoms in total. The zero-order valence-corrected chi connectivity index (χ0v) is 12.2. The molecule has 1 amide bonds. The Labute approximate surface area is 124 Å². The van der Waals surface area contributed by atoms with Gasteiger partial charge in [0.2, 0.25) is 5.91 Å². The van der Waals surface area contributed by atoms with Crippen molar-refractivity contribution < 1.29 is 4.79 Å². The number of benzene rings is 2. The number of hydrogen-bond donors (Lipinski definition) is 1. The van der Waals surface area contributed by atoms with Crippen LogP contribution in [0.2, 0.25) is 5.02 Å². The average Bonchev–Trinajstić information content (AvgIpc) is 2.42. The van der Waals surface area contributed by atoms with Gasteiger partial charge in [0.15, 0.2) is 0 Å². The molecule has 0 atom stereocenters. The molecule has 0 aliphatic rings. The second-order valence-electron chi connectivity index (χ2n) is 4.66. The second kappa shape index (κ2) is 6.40. The molecule has 1 N–H and O–H groups in total. The quantitative estimate of drug-likeness (QED) is 0.820. The third-order valence-electron chi connectivity index (χ3n) is 2.97. The molecule has 0 unspecified atom stereocenters. The monoisotopic (exact) mass is 285 g/mol. The molecule has 102 valence electrons. The smallest absolute Gasteiger partial charge is 0.248 e. The van der Waals surface area contributed by atoms with Crippen LogP contribution in [0.15, 0.2) is 48.5 Å². The van der Waals surface area contributed by atoms with Crippen molar-refractivity contribution in [2.45, 2.75) is 13.8 Å². The Kier molecular flexibility index (Phi) is 4.59. The molecule has 0 spiro atoms. The number of nitrogens with one attached hydrogen (secondary N) is 1. The van der Waals surface area contributed by atoms with Gasteiger partial charge in [-0.3, -0.25) is 4.79 Å². The van der Waals surface area contributed by atoms with Crippen LogP contribution in [-0.4, -0.2) is 5.91 Å². The summed E-state index contributed by atoms with van der Waals surface area (Å²) < 4.78 is 0. The van der Waals surface area contributed by atoms with Crippen LogP contribution in [0, 0.1) is 13.8 Å². The van der Waals surface area contributed by atoms with E-state index in [1.165, 1.54) is 6.08 Å². The van der Waals surface area contributed by atoms with E-state index in [9.17, 15) is 4.79 Å². The van der Waals surface area contributed by atoms with Crippen molar-refractivity contribution in [2.24, 2.45) is 0 Å². The first kappa shape index (κ1) is 14.4. The average molecular weight is 286 g/mol. The van der Waals surface area contributed by atoms with Crippen LogP contribution in [0.5, 0.6) is 0 Å². The summed E-state index contributed by atoms with van der Waals surface area (Å²) in [4.78, 5) is 11.9. The third-order valence-corrected chi connectivity index (χ3v) is 3.31. The van der Waals surface area contributed by atoms with Gasteiger partial charge in [-0.15, -0.1) is 0 Å². The van der Waals surface area contributed by atoms with Crippen molar-refractivity contribution in [1.82, 2.24) is 0 Å². The van der Waals surface area contributed by atoms with Gasteiger partial charge in [0.05, 0.1) is 0 Å². The van der Waals surface area contributed by atoms with Crippen molar-refractivity contribution in [3.05, 3.63) is 70.3 Å². The van der Waals surface area contributed by atoms with Gasteiger partial charge < -0.3 is 5.32 Å². The van der Waals surface area contributed by atoms with Crippen molar-refractivity contribution in [3.8, 4) is 0 Å². The van der Waals surface area contributed by atoms with E-state index >= 15 is 0 Å². The number of rotatable bonds is 3. The molecule has 0 saturated carbocycles. The fourth-order valence-corrected chi connectivity index (χ4v) is 2.02. The normalized spacial score (nSPS) is 10.8. The van der Waals surface area contributed by atoms with Crippen molar-refractivity contribution >= 4 is 29.3 Å². The number of carbonyl (C=O) groups is 1. The maximum atomic E-state index is 11.9. The van der Waals surface area contributed by atoms with Crippen molar-refractivity contribution in [2.75, 3.05) is 5.32 Å². The molecule has 20 heavy (non-hydrogen) atoms. The lowest BCUT2D eigenvalue weighted by Gasteiger charge is -2.07. The number of hydrogen-bond acceptors (Lipinski definition) is 1. The number of anilines is 1. The van der Waals surface area contributed by atoms with E-state index in [0.717, 1.165) is 22.4 Å². The minimum atomic E-state index is -0.168. The predicted octanol–water partition coefficient (Wildman–Crippen LogP) is 4.61. The SMILES string of the molecule is Cc1ccc(C)c(NC(=O)C=Cc2ccccc2Cl)c1. The van der Waals surface area contributed by atoms with Gasteiger partial charge in [-0.25, -0.2) is 0 Å². The molecule has 2 aromatic carbocycles. The minimum Gasteiger partial charge on any atom is -0.322 e. The van der Waals surface area contributed by atoms with Crippen LogP contribution >= 0.6 is 11.6 Å². The van der Waals surface area contributed by atoms with Gasteiger partial charge in [-0.05, 0) is 48.7 Å².